The first-order valence-electron chi connectivity index (χ1n) is 7.01. The smallest absolute Gasteiger partial charge is 0.265 e. The number of anilines is 1. The van der Waals surface area contributed by atoms with Crippen molar-refractivity contribution in [1.29, 1.82) is 0 Å². The van der Waals surface area contributed by atoms with Crippen molar-refractivity contribution in [3.05, 3.63) is 53.8 Å². The number of ketones is 1. The molecule has 0 radical (unpaired) electrons. The molecule has 1 heterocycles. The summed E-state index contributed by atoms with van der Waals surface area (Å²) in [6.45, 7) is 0. The van der Waals surface area contributed by atoms with E-state index in [0.717, 1.165) is 6.07 Å². The Morgan fingerprint density at radius 1 is 1.26 bits per heavy atom. The SMILES string of the molecule is COc1ccc(NC(=O)[C@@H]2CC(=O)c3cc(F)ccc3O2)cc1. The summed E-state index contributed by atoms with van der Waals surface area (Å²) in [5.41, 5.74) is 0.732. The fraction of sp³-hybridized carbons (Fsp3) is 0.176. The van der Waals surface area contributed by atoms with Crippen LogP contribution >= 0.6 is 0 Å². The Bertz CT molecular complexity index is 758. The number of halogens is 1. The van der Waals surface area contributed by atoms with E-state index in [4.69, 9.17) is 9.47 Å². The largest absolute Gasteiger partial charge is 0.497 e. The van der Waals surface area contributed by atoms with E-state index in [9.17, 15) is 14.0 Å². The van der Waals surface area contributed by atoms with E-state index < -0.39 is 17.8 Å². The normalized spacial score (nSPS) is 16.3. The molecular weight excluding hydrogens is 301 g/mol. The van der Waals surface area contributed by atoms with Gasteiger partial charge in [-0.05, 0) is 42.5 Å². The Kier molecular flexibility index (Phi) is 3.97. The summed E-state index contributed by atoms with van der Waals surface area (Å²) in [4.78, 5) is 24.3. The zero-order valence-corrected chi connectivity index (χ0v) is 12.3. The molecule has 0 bridgehead atoms. The van der Waals surface area contributed by atoms with Gasteiger partial charge in [-0.25, -0.2) is 4.39 Å². The lowest BCUT2D eigenvalue weighted by atomic mass is 10.00. The van der Waals surface area contributed by atoms with E-state index in [0.29, 0.717) is 11.4 Å². The molecule has 1 aliphatic rings. The molecule has 3 rings (SSSR count). The third kappa shape index (κ3) is 3.15. The summed E-state index contributed by atoms with van der Waals surface area (Å²) < 4.78 is 23.7. The molecule has 2 aromatic carbocycles. The van der Waals surface area contributed by atoms with Crippen molar-refractivity contribution in [2.45, 2.75) is 12.5 Å². The van der Waals surface area contributed by atoms with Crippen molar-refractivity contribution in [1.82, 2.24) is 0 Å². The molecule has 0 saturated heterocycles. The number of amides is 1. The maximum absolute atomic E-state index is 13.2. The van der Waals surface area contributed by atoms with Crippen molar-refractivity contribution in [3.63, 3.8) is 0 Å². The predicted molar refractivity (Wildman–Crippen MR) is 81.4 cm³/mol. The number of hydrogen-bond donors (Lipinski definition) is 1. The van der Waals surface area contributed by atoms with E-state index in [2.05, 4.69) is 5.32 Å². The molecule has 0 unspecified atom stereocenters. The van der Waals surface area contributed by atoms with Crippen LogP contribution in [-0.2, 0) is 4.79 Å². The number of rotatable bonds is 3. The van der Waals surface area contributed by atoms with Crippen LogP contribution in [0.4, 0.5) is 10.1 Å². The van der Waals surface area contributed by atoms with Gasteiger partial charge in [0.2, 0.25) is 0 Å². The standard InChI is InChI=1S/C17H14FNO4/c1-22-12-5-3-11(4-6-12)19-17(21)16-9-14(20)13-8-10(18)2-7-15(13)23-16/h2-8,16H,9H2,1H3,(H,19,21)/t16-/m0/s1. The Balaban J connectivity index is 1.73. The molecule has 6 heteroatoms. The zero-order chi connectivity index (χ0) is 16.4. The molecule has 1 atom stereocenters. The molecule has 0 spiro atoms. The summed E-state index contributed by atoms with van der Waals surface area (Å²) >= 11 is 0. The first kappa shape index (κ1) is 15.0. The molecule has 0 fully saturated rings. The molecule has 1 aliphatic heterocycles. The molecule has 2 aromatic rings. The van der Waals surface area contributed by atoms with E-state index in [1.165, 1.54) is 12.1 Å². The Labute approximate surface area is 132 Å². The number of hydrogen-bond acceptors (Lipinski definition) is 4. The van der Waals surface area contributed by atoms with Gasteiger partial charge in [-0.15, -0.1) is 0 Å². The van der Waals surface area contributed by atoms with Crippen molar-refractivity contribution in [2.24, 2.45) is 0 Å². The highest BCUT2D eigenvalue weighted by atomic mass is 19.1. The number of methoxy groups -OCH3 is 1. The van der Waals surface area contributed by atoms with Crippen molar-refractivity contribution in [3.8, 4) is 11.5 Å². The summed E-state index contributed by atoms with van der Waals surface area (Å²) in [6.07, 6.45) is -1.07. The van der Waals surface area contributed by atoms with Gasteiger partial charge in [-0.3, -0.25) is 9.59 Å². The highest BCUT2D eigenvalue weighted by Crippen LogP contribution is 2.28. The van der Waals surface area contributed by atoms with Crippen LogP contribution in [0, 0.1) is 5.82 Å². The third-order valence-corrected chi connectivity index (χ3v) is 3.53. The first-order valence-corrected chi connectivity index (χ1v) is 7.01. The monoisotopic (exact) mass is 315 g/mol. The number of carbonyl (C=O) groups is 2. The predicted octanol–water partition coefficient (Wildman–Crippen LogP) is 2.81. The van der Waals surface area contributed by atoms with Gasteiger partial charge in [0, 0.05) is 5.69 Å². The summed E-state index contributed by atoms with van der Waals surface area (Å²) in [5, 5.41) is 2.68. The number of ether oxygens (including phenoxy) is 2. The lowest BCUT2D eigenvalue weighted by Gasteiger charge is -2.24. The third-order valence-electron chi connectivity index (χ3n) is 3.53. The molecule has 118 valence electrons. The second-order valence-electron chi connectivity index (χ2n) is 5.09. The zero-order valence-electron chi connectivity index (χ0n) is 12.3. The van der Waals surface area contributed by atoms with Crippen molar-refractivity contribution >= 4 is 17.4 Å². The van der Waals surface area contributed by atoms with Crippen molar-refractivity contribution in [2.75, 3.05) is 12.4 Å². The fourth-order valence-corrected chi connectivity index (χ4v) is 2.34. The molecule has 0 saturated carbocycles. The Morgan fingerprint density at radius 3 is 2.70 bits per heavy atom. The number of carbonyl (C=O) groups excluding carboxylic acids is 2. The summed E-state index contributed by atoms with van der Waals surface area (Å²) in [5.74, 6) is -0.374. The van der Waals surface area contributed by atoms with Crippen LogP contribution in [0.3, 0.4) is 0 Å². The van der Waals surface area contributed by atoms with Gasteiger partial charge >= 0.3 is 0 Å². The average Bonchev–Trinajstić information content (AvgIpc) is 2.56. The molecule has 23 heavy (non-hydrogen) atoms. The van der Waals surface area contributed by atoms with Crippen LogP contribution in [0.25, 0.3) is 0 Å². The fourth-order valence-electron chi connectivity index (χ4n) is 2.34. The lowest BCUT2D eigenvalue weighted by molar-refractivity contribution is -0.122. The second-order valence-corrected chi connectivity index (χ2v) is 5.09. The number of fused-ring (bicyclic) bond motifs is 1. The lowest BCUT2D eigenvalue weighted by Crippen LogP contribution is -2.38. The highest BCUT2D eigenvalue weighted by Gasteiger charge is 2.31. The van der Waals surface area contributed by atoms with Crippen molar-refractivity contribution < 1.29 is 23.5 Å². The van der Waals surface area contributed by atoms with Crippen LogP contribution in [0.1, 0.15) is 16.8 Å². The maximum atomic E-state index is 13.2. The first-order chi connectivity index (χ1) is 11.1. The van der Waals surface area contributed by atoms with E-state index in [1.807, 2.05) is 0 Å². The molecule has 0 aliphatic carbocycles. The Morgan fingerprint density at radius 2 is 2.00 bits per heavy atom. The van der Waals surface area contributed by atoms with E-state index >= 15 is 0 Å². The summed E-state index contributed by atoms with van der Waals surface area (Å²) in [7, 11) is 1.55. The van der Waals surface area contributed by atoms with E-state index in [-0.39, 0.29) is 23.5 Å². The topological polar surface area (TPSA) is 64.6 Å². The quantitative estimate of drug-likeness (QED) is 0.946. The average molecular weight is 315 g/mol. The Hall–Kier alpha value is -2.89. The van der Waals surface area contributed by atoms with E-state index in [1.54, 1.807) is 31.4 Å². The minimum atomic E-state index is -0.942. The summed E-state index contributed by atoms with van der Waals surface area (Å²) in [6, 6.07) is 10.5. The van der Waals surface area contributed by atoms with Gasteiger partial charge in [0.25, 0.3) is 5.91 Å². The van der Waals surface area contributed by atoms with Gasteiger partial charge < -0.3 is 14.8 Å². The van der Waals surface area contributed by atoms with Crippen LogP contribution in [-0.4, -0.2) is 24.9 Å². The molecular formula is C17H14FNO4. The second kappa shape index (κ2) is 6.08. The highest BCUT2D eigenvalue weighted by molar-refractivity contribution is 6.05. The van der Waals surface area contributed by atoms with Crippen LogP contribution in [0.5, 0.6) is 11.5 Å². The molecule has 1 amide bonds. The minimum Gasteiger partial charge on any atom is -0.497 e. The minimum absolute atomic E-state index is 0.127. The van der Waals surface area contributed by atoms with Gasteiger partial charge in [0.1, 0.15) is 17.3 Å². The molecule has 5 nitrogen and oxygen atoms in total. The van der Waals surface area contributed by atoms with Gasteiger partial charge in [-0.1, -0.05) is 0 Å². The number of benzene rings is 2. The van der Waals surface area contributed by atoms with Crippen LogP contribution in [0.2, 0.25) is 0 Å². The molecule has 0 aromatic heterocycles. The van der Waals surface area contributed by atoms with Crippen LogP contribution in [0.15, 0.2) is 42.5 Å². The van der Waals surface area contributed by atoms with Crippen LogP contribution < -0.4 is 14.8 Å². The van der Waals surface area contributed by atoms with Gasteiger partial charge in [0.05, 0.1) is 19.1 Å². The number of Topliss-reactive ketones (excluding diaryl/α,β-unsaturated/α-hetero) is 1. The molecule has 1 N–H and O–H groups in total. The maximum Gasteiger partial charge on any atom is 0.265 e. The van der Waals surface area contributed by atoms with Gasteiger partial charge in [-0.2, -0.15) is 0 Å². The number of nitrogens with one attached hydrogen (secondary N) is 1. The van der Waals surface area contributed by atoms with Gasteiger partial charge in [0.15, 0.2) is 11.9 Å².